The van der Waals surface area contributed by atoms with E-state index in [-0.39, 0.29) is 5.82 Å². The van der Waals surface area contributed by atoms with Crippen LogP contribution in [0.5, 0.6) is 0 Å². The van der Waals surface area contributed by atoms with Gasteiger partial charge in [-0.2, -0.15) is 0 Å². The molecule has 0 saturated heterocycles. The summed E-state index contributed by atoms with van der Waals surface area (Å²) in [5.41, 5.74) is -0.707. The Kier molecular flexibility index (Phi) is 4.93. The largest absolute Gasteiger partial charge is 0.385 e. The van der Waals surface area contributed by atoms with Gasteiger partial charge in [0.25, 0.3) is 0 Å². The molecule has 1 atom stereocenters. The highest BCUT2D eigenvalue weighted by atomic mass is 79.9. The lowest BCUT2D eigenvalue weighted by Crippen LogP contribution is -2.22. The molecule has 0 aliphatic rings. The Morgan fingerprint density at radius 2 is 2.06 bits per heavy atom. The second-order valence-corrected chi connectivity index (χ2v) is 5.27. The predicted octanol–water partition coefficient (Wildman–Crippen LogP) is 4.38. The van der Waals surface area contributed by atoms with Crippen molar-refractivity contribution in [2.75, 3.05) is 0 Å². The second kappa shape index (κ2) is 5.78. The lowest BCUT2D eigenvalue weighted by atomic mass is 9.90. The highest BCUT2D eigenvalue weighted by Gasteiger charge is 2.25. The van der Waals surface area contributed by atoms with E-state index < -0.39 is 5.60 Å². The monoisotopic (exact) mass is 288 g/mol. The molecule has 0 aromatic heterocycles. The van der Waals surface area contributed by atoms with Crippen LogP contribution in [0.2, 0.25) is 0 Å². The first-order chi connectivity index (χ1) is 7.47. The lowest BCUT2D eigenvalue weighted by Gasteiger charge is -2.24. The van der Waals surface area contributed by atoms with Crippen LogP contribution < -0.4 is 0 Å². The Morgan fingerprint density at radius 1 is 1.38 bits per heavy atom. The van der Waals surface area contributed by atoms with Gasteiger partial charge in [0.1, 0.15) is 5.82 Å². The van der Waals surface area contributed by atoms with E-state index in [1.165, 1.54) is 6.07 Å². The van der Waals surface area contributed by atoms with Crippen LogP contribution in [0, 0.1) is 5.82 Å². The first-order valence-corrected chi connectivity index (χ1v) is 6.44. The number of hydrogen-bond acceptors (Lipinski definition) is 1. The van der Waals surface area contributed by atoms with E-state index in [0.717, 1.165) is 23.7 Å². The zero-order valence-electron chi connectivity index (χ0n) is 9.76. The third kappa shape index (κ3) is 3.56. The van der Waals surface area contributed by atoms with Crippen molar-refractivity contribution >= 4 is 15.9 Å². The average molecular weight is 289 g/mol. The molecule has 0 amide bonds. The zero-order valence-corrected chi connectivity index (χ0v) is 11.3. The van der Waals surface area contributed by atoms with Crippen LogP contribution in [0.3, 0.4) is 0 Å². The molecule has 1 unspecified atom stereocenters. The zero-order chi connectivity index (χ0) is 12.2. The van der Waals surface area contributed by atoms with Crippen LogP contribution in [0.4, 0.5) is 4.39 Å². The molecule has 90 valence electrons. The average Bonchev–Trinajstić information content (AvgIpc) is 2.22. The number of unbranched alkanes of at least 4 members (excludes halogenated alkanes) is 2. The summed E-state index contributed by atoms with van der Waals surface area (Å²) in [5.74, 6) is -0.343. The number of aliphatic hydroxyl groups is 1. The molecular weight excluding hydrogens is 271 g/mol. The Morgan fingerprint density at radius 3 is 2.69 bits per heavy atom. The summed E-state index contributed by atoms with van der Waals surface area (Å²) in [6, 6.07) is 4.68. The van der Waals surface area contributed by atoms with Crippen LogP contribution in [0.1, 0.15) is 45.1 Å². The molecule has 3 heteroatoms. The number of rotatable bonds is 5. The van der Waals surface area contributed by atoms with E-state index in [1.807, 2.05) is 0 Å². The quantitative estimate of drug-likeness (QED) is 0.798. The van der Waals surface area contributed by atoms with Crippen LogP contribution in [-0.4, -0.2) is 5.11 Å². The summed E-state index contributed by atoms with van der Waals surface area (Å²) < 4.78 is 14.4. The number of benzene rings is 1. The van der Waals surface area contributed by atoms with Crippen LogP contribution >= 0.6 is 15.9 Å². The first-order valence-electron chi connectivity index (χ1n) is 5.65. The minimum absolute atomic E-state index is 0.343. The van der Waals surface area contributed by atoms with E-state index in [1.54, 1.807) is 19.1 Å². The smallest absolute Gasteiger partial charge is 0.129 e. The molecule has 1 nitrogen and oxygen atoms in total. The third-order valence-electron chi connectivity index (χ3n) is 2.78. The standard InChI is InChI=1S/C13H18BrFO/c1-3-4-5-8-13(2,16)11-9-10(14)6-7-12(11)15/h6-7,9,16H,3-5,8H2,1-2H3. The fourth-order valence-electron chi connectivity index (χ4n) is 1.76. The van der Waals surface area contributed by atoms with Gasteiger partial charge in [0.05, 0.1) is 5.60 Å². The minimum Gasteiger partial charge on any atom is -0.385 e. The maximum atomic E-state index is 13.6. The van der Waals surface area contributed by atoms with Crippen LogP contribution in [-0.2, 0) is 5.60 Å². The van der Waals surface area contributed by atoms with Gasteiger partial charge in [0.2, 0.25) is 0 Å². The number of halogens is 2. The Bertz CT molecular complexity index is 350. The topological polar surface area (TPSA) is 20.2 Å². The van der Waals surface area contributed by atoms with E-state index in [0.29, 0.717) is 12.0 Å². The summed E-state index contributed by atoms with van der Waals surface area (Å²) >= 11 is 3.29. The summed E-state index contributed by atoms with van der Waals surface area (Å²) in [4.78, 5) is 0. The summed E-state index contributed by atoms with van der Waals surface area (Å²) in [6.07, 6.45) is 3.66. The van der Waals surface area contributed by atoms with Gasteiger partial charge in [0.15, 0.2) is 0 Å². The van der Waals surface area contributed by atoms with Crippen molar-refractivity contribution in [1.82, 2.24) is 0 Å². The Labute approximate surface area is 105 Å². The molecule has 1 aromatic carbocycles. The van der Waals surface area contributed by atoms with Crippen molar-refractivity contribution in [1.29, 1.82) is 0 Å². The molecule has 0 saturated carbocycles. The van der Waals surface area contributed by atoms with Gasteiger partial charge in [-0.05, 0) is 31.5 Å². The predicted molar refractivity (Wildman–Crippen MR) is 67.8 cm³/mol. The molecule has 0 fully saturated rings. The molecular formula is C13H18BrFO. The van der Waals surface area contributed by atoms with Crippen molar-refractivity contribution < 1.29 is 9.50 Å². The first kappa shape index (κ1) is 13.7. The molecule has 1 rings (SSSR count). The third-order valence-corrected chi connectivity index (χ3v) is 3.27. The highest BCUT2D eigenvalue weighted by molar-refractivity contribution is 9.10. The van der Waals surface area contributed by atoms with Crippen LogP contribution in [0.15, 0.2) is 22.7 Å². The van der Waals surface area contributed by atoms with Crippen molar-refractivity contribution in [2.24, 2.45) is 0 Å². The summed E-state index contributed by atoms with van der Waals surface area (Å²) in [5, 5.41) is 10.3. The van der Waals surface area contributed by atoms with Gasteiger partial charge in [-0.15, -0.1) is 0 Å². The Hall–Kier alpha value is -0.410. The van der Waals surface area contributed by atoms with Gasteiger partial charge in [-0.1, -0.05) is 42.1 Å². The van der Waals surface area contributed by atoms with Crippen molar-refractivity contribution in [2.45, 2.75) is 45.1 Å². The fourth-order valence-corrected chi connectivity index (χ4v) is 2.13. The van der Waals surface area contributed by atoms with E-state index in [4.69, 9.17) is 0 Å². The highest BCUT2D eigenvalue weighted by Crippen LogP contribution is 2.30. The molecule has 0 heterocycles. The van der Waals surface area contributed by atoms with E-state index >= 15 is 0 Å². The second-order valence-electron chi connectivity index (χ2n) is 4.36. The van der Waals surface area contributed by atoms with Crippen molar-refractivity contribution in [3.8, 4) is 0 Å². The van der Waals surface area contributed by atoms with Gasteiger partial charge < -0.3 is 5.11 Å². The molecule has 0 aliphatic carbocycles. The number of hydrogen-bond donors (Lipinski definition) is 1. The molecule has 16 heavy (non-hydrogen) atoms. The molecule has 0 aliphatic heterocycles. The van der Waals surface area contributed by atoms with Crippen molar-refractivity contribution in [3.05, 3.63) is 34.1 Å². The molecule has 1 aromatic rings. The van der Waals surface area contributed by atoms with Crippen molar-refractivity contribution in [3.63, 3.8) is 0 Å². The molecule has 1 N–H and O–H groups in total. The lowest BCUT2D eigenvalue weighted by molar-refractivity contribution is 0.0413. The maximum absolute atomic E-state index is 13.6. The minimum atomic E-state index is -1.08. The normalized spacial score (nSPS) is 14.8. The fraction of sp³-hybridized carbons (Fsp3) is 0.538. The van der Waals surface area contributed by atoms with Gasteiger partial charge in [-0.25, -0.2) is 4.39 Å². The van der Waals surface area contributed by atoms with E-state index in [2.05, 4.69) is 22.9 Å². The Balaban J connectivity index is 2.83. The molecule has 0 bridgehead atoms. The van der Waals surface area contributed by atoms with E-state index in [9.17, 15) is 9.50 Å². The van der Waals surface area contributed by atoms with Gasteiger partial charge in [0, 0.05) is 10.0 Å². The van der Waals surface area contributed by atoms with Crippen LogP contribution in [0.25, 0.3) is 0 Å². The van der Waals surface area contributed by atoms with Gasteiger partial charge >= 0.3 is 0 Å². The van der Waals surface area contributed by atoms with Gasteiger partial charge in [-0.3, -0.25) is 0 Å². The molecule has 0 radical (unpaired) electrons. The molecule has 0 spiro atoms. The SMILES string of the molecule is CCCCCC(C)(O)c1cc(Br)ccc1F. The summed E-state index contributed by atoms with van der Waals surface area (Å²) in [7, 11) is 0. The maximum Gasteiger partial charge on any atom is 0.129 e. The summed E-state index contributed by atoms with van der Waals surface area (Å²) in [6.45, 7) is 3.78.